The van der Waals surface area contributed by atoms with Crippen LogP contribution in [0.15, 0.2) is 70.1 Å². The molecule has 148 valence electrons. The number of hydrogen-bond acceptors (Lipinski definition) is 5. The number of anilines is 1. The van der Waals surface area contributed by atoms with Crippen LogP contribution < -0.4 is 5.32 Å². The number of benzene rings is 1. The van der Waals surface area contributed by atoms with Crippen molar-refractivity contribution in [3.63, 3.8) is 0 Å². The standard InChI is InChI=1S/C21H19N3O5/c25-19(18-2-1-12-29-18)22-17-5-3-15(4-6-17)20(26)23-8-10-24(11-9-23)21(27)16-7-13-28-14-16/h1-7,12-14H,8-11H2,(H,22,25). The first-order valence-electron chi connectivity index (χ1n) is 9.17. The SMILES string of the molecule is O=C(Nc1ccc(C(=O)N2CCN(C(=O)c3ccoc3)CC2)cc1)c1ccco1. The van der Waals surface area contributed by atoms with Crippen LogP contribution >= 0.6 is 0 Å². The Hall–Kier alpha value is -3.81. The van der Waals surface area contributed by atoms with Crippen molar-refractivity contribution in [1.82, 2.24) is 9.80 Å². The van der Waals surface area contributed by atoms with Crippen molar-refractivity contribution in [3.8, 4) is 0 Å². The van der Waals surface area contributed by atoms with Crippen LogP contribution in [0.2, 0.25) is 0 Å². The molecule has 0 spiro atoms. The van der Waals surface area contributed by atoms with Crippen LogP contribution in [0.1, 0.15) is 31.3 Å². The minimum absolute atomic E-state index is 0.0949. The van der Waals surface area contributed by atoms with Crippen LogP contribution in [0.25, 0.3) is 0 Å². The fourth-order valence-electron chi connectivity index (χ4n) is 3.16. The van der Waals surface area contributed by atoms with Crippen LogP contribution in [-0.4, -0.2) is 53.7 Å². The predicted molar refractivity (Wildman–Crippen MR) is 104 cm³/mol. The predicted octanol–water partition coefficient (Wildman–Crippen LogP) is 2.72. The zero-order valence-electron chi connectivity index (χ0n) is 15.5. The van der Waals surface area contributed by atoms with E-state index in [2.05, 4.69) is 5.32 Å². The van der Waals surface area contributed by atoms with E-state index in [0.29, 0.717) is 43.0 Å². The lowest BCUT2D eigenvalue weighted by Gasteiger charge is -2.34. The maximum Gasteiger partial charge on any atom is 0.291 e. The number of piperazine rings is 1. The van der Waals surface area contributed by atoms with Gasteiger partial charge in [-0.3, -0.25) is 14.4 Å². The quantitative estimate of drug-likeness (QED) is 0.735. The molecule has 1 aliphatic heterocycles. The summed E-state index contributed by atoms with van der Waals surface area (Å²) >= 11 is 0. The number of nitrogens with zero attached hydrogens (tertiary/aromatic N) is 2. The Kier molecular flexibility index (Phi) is 5.15. The summed E-state index contributed by atoms with van der Waals surface area (Å²) in [5.41, 5.74) is 1.60. The third-order valence-electron chi connectivity index (χ3n) is 4.76. The number of carbonyl (C=O) groups is 3. The fourth-order valence-corrected chi connectivity index (χ4v) is 3.16. The monoisotopic (exact) mass is 393 g/mol. The van der Waals surface area contributed by atoms with E-state index in [9.17, 15) is 14.4 Å². The summed E-state index contributed by atoms with van der Waals surface area (Å²) in [6, 6.07) is 11.5. The number of carbonyl (C=O) groups excluding carboxylic acids is 3. The number of nitrogens with one attached hydrogen (secondary N) is 1. The summed E-state index contributed by atoms with van der Waals surface area (Å²) in [5, 5.41) is 2.71. The molecule has 4 rings (SSSR count). The molecule has 1 fully saturated rings. The summed E-state index contributed by atoms with van der Waals surface area (Å²) < 4.78 is 10.0. The van der Waals surface area contributed by atoms with Crippen molar-refractivity contribution in [2.45, 2.75) is 0 Å². The van der Waals surface area contributed by atoms with Gasteiger partial charge in [-0.2, -0.15) is 0 Å². The molecule has 3 amide bonds. The molecule has 3 heterocycles. The van der Waals surface area contributed by atoms with Crippen LogP contribution in [0.4, 0.5) is 5.69 Å². The Morgan fingerprint density at radius 2 is 1.45 bits per heavy atom. The molecule has 1 aliphatic rings. The van der Waals surface area contributed by atoms with Crippen molar-refractivity contribution in [3.05, 3.63) is 78.1 Å². The maximum atomic E-state index is 12.7. The Bertz CT molecular complexity index is 986. The van der Waals surface area contributed by atoms with E-state index >= 15 is 0 Å². The highest BCUT2D eigenvalue weighted by Crippen LogP contribution is 2.15. The number of furan rings is 2. The van der Waals surface area contributed by atoms with Gasteiger partial charge in [-0.05, 0) is 42.5 Å². The molecule has 8 heteroatoms. The van der Waals surface area contributed by atoms with Gasteiger partial charge in [0.2, 0.25) is 0 Å². The molecule has 0 unspecified atom stereocenters. The average Bonchev–Trinajstić information content (AvgIpc) is 3.48. The lowest BCUT2D eigenvalue weighted by Crippen LogP contribution is -2.50. The van der Waals surface area contributed by atoms with Gasteiger partial charge in [0.1, 0.15) is 6.26 Å². The largest absolute Gasteiger partial charge is 0.472 e. The Labute approximate surface area is 166 Å². The van der Waals surface area contributed by atoms with Crippen LogP contribution in [0.3, 0.4) is 0 Å². The molecule has 0 radical (unpaired) electrons. The number of rotatable bonds is 4. The van der Waals surface area contributed by atoms with Crippen LogP contribution in [0.5, 0.6) is 0 Å². The highest BCUT2D eigenvalue weighted by molar-refractivity contribution is 6.02. The second-order valence-electron chi connectivity index (χ2n) is 6.61. The van der Waals surface area contributed by atoms with Gasteiger partial charge in [0, 0.05) is 37.4 Å². The van der Waals surface area contributed by atoms with Crippen molar-refractivity contribution >= 4 is 23.4 Å². The van der Waals surface area contributed by atoms with Gasteiger partial charge in [0.15, 0.2) is 5.76 Å². The highest BCUT2D eigenvalue weighted by Gasteiger charge is 2.26. The minimum atomic E-state index is -0.354. The van der Waals surface area contributed by atoms with E-state index in [1.54, 1.807) is 52.3 Å². The maximum absolute atomic E-state index is 12.7. The van der Waals surface area contributed by atoms with E-state index in [1.165, 1.54) is 18.8 Å². The molecule has 0 bridgehead atoms. The van der Waals surface area contributed by atoms with Gasteiger partial charge in [-0.25, -0.2) is 0 Å². The van der Waals surface area contributed by atoms with Gasteiger partial charge in [-0.15, -0.1) is 0 Å². The normalized spacial score (nSPS) is 13.9. The molecular weight excluding hydrogens is 374 g/mol. The lowest BCUT2D eigenvalue weighted by molar-refractivity contribution is 0.0535. The number of amides is 3. The van der Waals surface area contributed by atoms with Gasteiger partial charge in [-0.1, -0.05) is 0 Å². The Balaban J connectivity index is 1.33. The lowest BCUT2D eigenvalue weighted by atomic mass is 10.1. The van der Waals surface area contributed by atoms with E-state index in [1.807, 2.05) is 0 Å². The summed E-state index contributed by atoms with van der Waals surface area (Å²) in [4.78, 5) is 40.5. The molecular formula is C21H19N3O5. The number of hydrogen-bond donors (Lipinski definition) is 1. The summed E-state index contributed by atoms with van der Waals surface area (Å²) in [7, 11) is 0. The zero-order chi connectivity index (χ0) is 20.2. The molecule has 3 aromatic rings. The van der Waals surface area contributed by atoms with Gasteiger partial charge >= 0.3 is 0 Å². The molecule has 1 saturated heterocycles. The highest BCUT2D eigenvalue weighted by atomic mass is 16.3. The van der Waals surface area contributed by atoms with Crippen LogP contribution in [0, 0.1) is 0 Å². The van der Waals surface area contributed by atoms with E-state index in [-0.39, 0.29) is 23.5 Å². The topological polar surface area (TPSA) is 96.0 Å². The first-order chi connectivity index (χ1) is 14.1. The Morgan fingerprint density at radius 3 is 2.00 bits per heavy atom. The van der Waals surface area contributed by atoms with Crippen molar-refractivity contribution in [2.75, 3.05) is 31.5 Å². The third-order valence-corrected chi connectivity index (χ3v) is 4.76. The van der Waals surface area contributed by atoms with Crippen LogP contribution in [-0.2, 0) is 0 Å². The molecule has 2 aromatic heterocycles. The smallest absolute Gasteiger partial charge is 0.291 e. The average molecular weight is 393 g/mol. The third kappa shape index (κ3) is 4.06. The molecule has 1 N–H and O–H groups in total. The second-order valence-corrected chi connectivity index (χ2v) is 6.61. The first-order valence-corrected chi connectivity index (χ1v) is 9.17. The molecule has 0 aliphatic carbocycles. The summed E-state index contributed by atoms with van der Waals surface area (Å²) in [5.74, 6) is -0.340. The van der Waals surface area contributed by atoms with Gasteiger partial charge in [0.25, 0.3) is 17.7 Å². The van der Waals surface area contributed by atoms with Gasteiger partial charge in [0.05, 0.1) is 18.1 Å². The molecule has 0 atom stereocenters. The van der Waals surface area contributed by atoms with Crippen molar-refractivity contribution < 1.29 is 23.2 Å². The van der Waals surface area contributed by atoms with Crippen molar-refractivity contribution in [2.24, 2.45) is 0 Å². The van der Waals surface area contributed by atoms with E-state index in [0.717, 1.165) is 0 Å². The summed E-state index contributed by atoms with van der Waals surface area (Å²) in [6.45, 7) is 1.85. The molecule has 0 saturated carbocycles. The first kappa shape index (κ1) is 18.5. The van der Waals surface area contributed by atoms with Crippen molar-refractivity contribution in [1.29, 1.82) is 0 Å². The molecule has 1 aromatic carbocycles. The fraction of sp³-hybridized carbons (Fsp3) is 0.190. The zero-order valence-corrected chi connectivity index (χ0v) is 15.5. The summed E-state index contributed by atoms with van der Waals surface area (Å²) in [6.07, 6.45) is 4.32. The minimum Gasteiger partial charge on any atom is -0.472 e. The van der Waals surface area contributed by atoms with E-state index < -0.39 is 0 Å². The second kappa shape index (κ2) is 8.05. The molecule has 8 nitrogen and oxygen atoms in total. The van der Waals surface area contributed by atoms with Gasteiger partial charge < -0.3 is 24.0 Å². The molecule has 29 heavy (non-hydrogen) atoms. The van der Waals surface area contributed by atoms with E-state index in [4.69, 9.17) is 8.83 Å². The Morgan fingerprint density at radius 1 is 0.793 bits per heavy atom.